The number of nitrogens with zero attached hydrogens (tertiary/aromatic N) is 5. The third-order valence-electron chi connectivity index (χ3n) is 7.17. The first-order valence-electron chi connectivity index (χ1n) is 11.8. The monoisotopic (exact) mass is 486 g/mol. The zero-order chi connectivity index (χ0) is 23.3. The molecular formula is C23H27FN6O3S. The smallest absolute Gasteiger partial charge is 0.227 e. The van der Waals surface area contributed by atoms with Crippen LogP contribution in [0.3, 0.4) is 0 Å². The molecule has 180 valence electrons. The Bertz CT molecular complexity index is 1140. The summed E-state index contributed by atoms with van der Waals surface area (Å²) < 4.78 is 31.8. The molecule has 2 unspecified atom stereocenters. The molecular weight excluding hydrogens is 459 g/mol. The maximum absolute atomic E-state index is 13.2. The van der Waals surface area contributed by atoms with Gasteiger partial charge >= 0.3 is 0 Å². The molecule has 0 amide bonds. The summed E-state index contributed by atoms with van der Waals surface area (Å²) in [6.45, 7) is 1.52. The lowest BCUT2D eigenvalue weighted by molar-refractivity contribution is 0.265. The van der Waals surface area contributed by atoms with Crippen LogP contribution in [0.5, 0.6) is 0 Å². The molecule has 9 nitrogen and oxygen atoms in total. The molecule has 0 spiro atoms. The fourth-order valence-electron chi connectivity index (χ4n) is 4.80. The van der Waals surface area contributed by atoms with E-state index in [2.05, 4.69) is 20.4 Å². The number of allylic oxidation sites excluding steroid dienone is 4. The van der Waals surface area contributed by atoms with Crippen LogP contribution in [-0.2, 0) is 17.6 Å². The lowest BCUT2D eigenvalue weighted by atomic mass is 9.97. The van der Waals surface area contributed by atoms with Gasteiger partial charge in [-0.25, -0.2) is 9.37 Å². The second-order valence-electron chi connectivity index (χ2n) is 9.54. The van der Waals surface area contributed by atoms with E-state index in [-0.39, 0.29) is 29.8 Å². The van der Waals surface area contributed by atoms with E-state index in [9.17, 15) is 14.0 Å². The molecule has 2 atom stereocenters. The van der Waals surface area contributed by atoms with Crippen molar-refractivity contribution in [2.45, 2.75) is 60.8 Å². The molecule has 0 radical (unpaired) electrons. The summed E-state index contributed by atoms with van der Waals surface area (Å²) in [5.74, 6) is 2.81. The maximum atomic E-state index is 13.2. The van der Waals surface area contributed by atoms with Gasteiger partial charge in [-0.15, -0.1) is 10.2 Å². The van der Waals surface area contributed by atoms with Crippen LogP contribution in [0, 0.1) is 0 Å². The summed E-state index contributed by atoms with van der Waals surface area (Å²) in [5.41, 5.74) is 0.499. The van der Waals surface area contributed by atoms with Crippen LogP contribution in [0.1, 0.15) is 61.4 Å². The second-order valence-corrected chi connectivity index (χ2v) is 11.0. The predicted octanol–water partition coefficient (Wildman–Crippen LogP) is 2.74. The van der Waals surface area contributed by atoms with Crippen LogP contribution in [0.25, 0.3) is 0 Å². The molecule has 11 heteroatoms. The Hall–Kier alpha value is -2.50. The molecule has 34 heavy (non-hydrogen) atoms. The Morgan fingerprint density at radius 2 is 2.03 bits per heavy atom. The number of aliphatic hydroxyl groups excluding tert-OH is 1. The number of nitrogens with one attached hydrogen (secondary N) is 1. The van der Waals surface area contributed by atoms with Gasteiger partial charge in [0, 0.05) is 25.4 Å². The molecule has 4 heterocycles. The molecule has 2 fully saturated rings. The standard InChI is InChI=1S/C23H27FN6O3S/c24-16-3-1-14(2-4-16)20-28-29-21(33-20)15-5-10-30(11-6-15)22-25-17-7-12-34(32)18(17)19(26-22)27-23(13-31)8-9-23/h1,3-4,14-15,31H,2,5-13H2,(H,25,26,27). The number of fused-ring (bicyclic) bond motifs is 1. The fourth-order valence-corrected chi connectivity index (χ4v) is 6.11. The van der Waals surface area contributed by atoms with Gasteiger partial charge < -0.3 is 24.3 Å². The molecule has 2 N–H and O–H groups in total. The first kappa shape index (κ1) is 22.0. The summed E-state index contributed by atoms with van der Waals surface area (Å²) in [6, 6.07) is 0. The van der Waals surface area contributed by atoms with Crippen molar-refractivity contribution in [3.8, 4) is 0 Å². The summed E-state index contributed by atoms with van der Waals surface area (Å²) in [5, 5.41) is 21.6. The summed E-state index contributed by atoms with van der Waals surface area (Å²) in [4.78, 5) is 12.4. The Balaban J connectivity index is 1.15. The minimum absolute atomic E-state index is 0.0349. The number of rotatable bonds is 6. The van der Waals surface area contributed by atoms with E-state index in [1.54, 1.807) is 6.08 Å². The van der Waals surface area contributed by atoms with Crippen molar-refractivity contribution in [2.75, 3.05) is 35.7 Å². The van der Waals surface area contributed by atoms with Crippen molar-refractivity contribution in [1.82, 2.24) is 20.2 Å². The second kappa shape index (κ2) is 8.62. The van der Waals surface area contributed by atoms with Crippen LogP contribution in [0.15, 0.2) is 33.4 Å². The molecule has 1 saturated heterocycles. The molecule has 2 aliphatic heterocycles. The minimum atomic E-state index is -1.11. The zero-order valence-electron chi connectivity index (χ0n) is 18.7. The highest BCUT2D eigenvalue weighted by atomic mass is 32.2. The number of aryl methyl sites for hydroxylation is 1. The van der Waals surface area contributed by atoms with Crippen molar-refractivity contribution in [3.63, 3.8) is 0 Å². The highest BCUT2D eigenvalue weighted by molar-refractivity contribution is 7.91. The molecule has 0 aromatic carbocycles. The average molecular weight is 487 g/mol. The topological polar surface area (TPSA) is 123 Å². The highest BCUT2D eigenvalue weighted by Gasteiger charge is 2.45. The Morgan fingerprint density at radius 3 is 2.74 bits per heavy atom. The van der Waals surface area contributed by atoms with Crippen LogP contribution in [0.4, 0.5) is 16.2 Å². The molecule has 0 bridgehead atoms. The van der Waals surface area contributed by atoms with Gasteiger partial charge in [0.2, 0.25) is 22.6 Å². The van der Waals surface area contributed by atoms with Gasteiger partial charge in [0.1, 0.15) is 17.3 Å². The molecule has 2 aromatic heterocycles. The number of hydrogen-bond acceptors (Lipinski definition) is 9. The van der Waals surface area contributed by atoms with Crippen molar-refractivity contribution < 1.29 is 18.5 Å². The van der Waals surface area contributed by atoms with Gasteiger partial charge in [0.25, 0.3) is 0 Å². The van der Waals surface area contributed by atoms with Crippen LogP contribution in [0.2, 0.25) is 0 Å². The lowest BCUT2D eigenvalue weighted by Crippen LogP contribution is -2.35. The van der Waals surface area contributed by atoms with E-state index in [0.717, 1.165) is 44.5 Å². The van der Waals surface area contributed by atoms with Gasteiger partial charge in [0.15, 0.2) is 5.82 Å². The highest BCUT2D eigenvalue weighted by Crippen LogP contribution is 2.42. The Labute approximate surface area is 199 Å². The molecule has 4 aliphatic rings. The predicted molar refractivity (Wildman–Crippen MR) is 124 cm³/mol. The van der Waals surface area contributed by atoms with E-state index in [1.807, 2.05) is 0 Å². The number of aromatic nitrogens is 4. The van der Waals surface area contributed by atoms with Gasteiger partial charge in [-0.1, -0.05) is 6.08 Å². The van der Waals surface area contributed by atoms with Crippen LogP contribution >= 0.6 is 0 Å². The number of piperidine rings is 1. The normalized spacial score (nSPS) is 25.9. The quantitative estimate of drug-likeness (QED) is 0.593. The van der Waals surface area contributed by atoms with Crippen LogP contribution < -0.4 is 10.2 Å². The summed E-state index contributed by atoms with van der Waals surface area (Å²) in [6.07, 6.45) is 9.35. The van der Waals surface area contributed by atoms with Gasteiger partial charge in [0.05, 0.1) is 18.1 Å². The molecule has 1 saturated carbocycles. The van der Waals surface area contributed by atoms with Gasteiger partial charge in [-0.3, -0.25) is 0 Å². The van der Waals surface area contributed by atoms with E-state index < -0.39 is 11.2 Å². The Morgan fingerprint density at radius 1 is 1.24 bits per heavy atom. The Kier molecular flexibility index (Phi) is 5.57. The summed E-state index contributed by atoms with van der Waals surface area (Å²) in [7, 11) is 0. The number of hydrogen-bond donors (Lipinski definition) is 2. The molecule has 2 aliphatic carbocycles. The van der Waals surface area contributed by atoms with Crippen molar-refractivity contribution in [3.05, 3.63) is 41.5 Å². The third kappa shape index (κ3) is 4.09. The van der Waals surface area contributed by atoms with Gasteiger partial charge in [-0.2, -0.15) is 4.98 Å². The number of aliphatic hydroxyl groups is 1. The molecule has 6 rings (SSSR count). The first-order valence-corrected chi connectivity index (χ1v) is 13.2. The lowest BCUT2D eigenvalue weighted by Gasteiger charge is -2.31. The largest absolute Gasteiger partial charge is 0.611 e. The minimum Gasteiger partial charge on any atom is -0.611 e. The average Bonchev–Trinajstić information content (AvgIpc) is 3.27. The van der Waals surface area contributed by atoms with Crippen molar-refractivity contribution in [1.29, 1.82) is 0 Å². The number of halogens is 1. The van der Waals surface area contributed by atoms with E-state index in [1.165, 1.54) is 12.2 Å². The first-order chi connectivity index (χ1) is 16.5. The van der Waals surface area contributed by atoms with Gasteiger partial charge in [-0.05, 0) is 55.4 Å². The zero-order valence-corrected chi connectivity index (χ0v) is 19.6. The third-order valence-corrected chi connectivity index (χ3v) is 8.63. The number of anilines is 2. The van der Waals surface area contributed by atoms with Crippen molar-refractivity contribution >= 4 is 22.9 Å². The van der Waals surface area contributed by atoms with E-state index >= 15 is 0 Å². The van der Waals surface area contributed by atoms with Crippen LogP contribution in [-0.4, -0.2) is 60.8 Å². The van der Waals surface area contributed by atoms with E-state index in [0.29, 0.717) is 47.0 Å². The van der Waals surface area contributed by atoms with E-state index in [4.69, 9.17) is 14.4 Å². The fraction of sp³-hybridized carbons (Fsp3) is 0.565. The summed E-state index contributed by atoms with van der Waals surface area (Å²) >= 11 is -1.11. The molecule has 2 aromatic rings. The van der Waals surface area contributed by atoms with Crippen molar-refractivity contribution in [2.24, 2.45) is 0 Å². The maximum Gasteiger partial charge on any atom is 0.227 e. The SMILES string of the molecule is [O-][S+]1CCc2nc(N3CCC(c4nnc(C5C=CC(F)=CC5)o4)CC3)nc(NC3(CO)CC3)c21.